The molecule has 1 amide bonds. The normalized spacial score (nSPS) is 10.7. The van der Waals surface area contributed by atoms with Crippen molar-refractivity contribution in [2.45, 2.75) is 13.8 Å². The largest absolute Gasteiger partial charge is 0.493 e. The van der Waals surface area contributed by atoms with Crippen LogP contribution in [0.2, 0.25) is 0 Å². The van der Waals surface area contributed by atoms with Crippen LogP contribution in [0.3, 0.4) is 0 Å². The smallest absolute Gasteiger partial charge is 0.266 e. The molecular weight excluding hydrogens is 316 g/mol. The van der Waals surface area contributed by atoms with Gasteiger partial charge in [-0.25, -0.2) is 0 Å². The first-order valence-electron chi connectivity index (χ1n) is 8.06. The van der Waals surface area contributed by atoms with Gasteiger partial charge in [0.25, 0.3) is 5.91 Å². The Hall–Kier alpha value is -3.26. The van der Waals surface area contributed by atoms with E-state index in [0.717, 1.165) is 0 Å². The summed E-state index contributed by atoms with van der Waals surface area (Å²) < 4.78 is 11.0. The van der Waals surface area contributed by atoms with E-state index in [4.69, 9.17) is 9.47 Å². The SMILES string of the molecule is CCOc1ccccc1/C=C(\C#N)C(=O)Nc1ccccc1OCC. The fraction of sp³-hybridized carbons (Fsp3) is 0.200. The van der Waals surface area contributed by atoms with E-state index < -0.39 is 5.91 Å². The van der Waals surface area contributed by atoms with Crippen molar-refractivity contribution in [3.8, 4) is 17.6 Å². The van der Waals surface area contributed by atoms with E-state index in [1.165, 1.54) is 6.08 Å². The van der Waals surface area contributed by atoms with Crippen LogP contribution in [0.25, 0.3) is 6.08 Å². The molecule has 0 saturated heterocycles. The van der Waals surface area contributed by atoms with Gasteiger partial charge in [0.15, 0.2) is 0 Å². The third-order valence-corrected chi connectivity index (χ3v) is 3.32. The fourth-order valence-corrected chi connectivity index (χ4v) is 2.23. The van der Waals surface area contributed by atoms with Crippen molar-refractivity contribution in [2.24, 2.45) is 0 Å². The van der Waals surface area contributed by atoms with Crippen LogP contribution < -0.4 is 14.8 Å². The highest BCUT2D eigenvalue weighted by Crippen LogP contribution is 2.25. The Bertz CT molecular complexity index is 807. The molecule has 128 valence electrons. The molecule has 0 radical (unpaired) electrons. The fourth-order valence-electron chi connectivity index (χ4n) is 2.23. The third kappa shape index (κ3) is 4.85. The Morgan fingerprint density at radius 1 is 1.04 bits per heavy atom. The molecule has 5 heteroatoms. The molecule has 2 aromatic carbocycles. The topological polar surface area (TPSA) is 71.3 Å². The molecule has 0 aromatic heterocycles. The van der Waals surface area contributed by atoms with E-state index in [9.17, 15) is 10.1 Å². The van der Waals surface area contributed by atoms with Crippen LogP contribution in [0.15, 0.2) is 54.1 Å². The number of nitrogens with zero attached hydrogens (tertiary/aromatic N) is 1. The van der Waals surface area contributed by atoms with Gasteiger partial charge in [0, 0.05) is 5.56 Å². The quantitative estimate of drug-likeness (QED) is 0.612. The number of benzene rings is 2. The Morgan fingerprint density at radius 3 is 2.32 bits per heavy atom. The predicted octanol–water partition coefficient (Wildman–Crippen LogP) is 4.03. The lowest BCUT2D eigenvalue weighted by atomic mass is 10.1. The molecule has 0 spiro atoms. The second-order valence-electron chi connectivity index (χ2n) is 5.02. The highest BCUT2D eigenvalue weighted by molar-refractivity contribution is 6.10. The lowest BCUT2D eigenvalue weighted by Crippen LogP contribution is -2.14. The molecule has 0 atom stereocenters. The van der Waals surface area contributed by atoms with Crippen LogP contribution in [-0.4, -0.2) is 19.1 Å². The van der Waals surface area contributed by atoms with Gasteiger partial charge in [-0.1, -0.05) is 30.3 Å². The molecular formula is C20H20N2O3. The van der Waals surface area contributed by atoms with Crippen LogP contribution >= 0.6 is 0 Å². The van der Waals surface area contributed by atoms with E-state index in [1.807, 2.05) is 38.1 Å². The number of amides is 1. The van der Waals surface area contributed by atoms with Crippen LogP contribution in [0.4, 0.5) is 5.69 Å². The van der Waals surface area contributed by atoms with Crippen molar-refractivity contribution >= 4 is 17.7 Å². The summed E-state index contributed by atoms with van der Waals surface area (Å²) >= 11 is 0. The Kier molecular flexibility index (Phi) is 6.61. The molecule has 0 aliphatic rings. The molecule has 1 N–H and O–H groups in total. The molecule has 2 rings (SSSR count). The van der Waals surface area contributed by atoms with Gasteiger partial charge in [-0.05, 0) is 38.1 Å². The zero-order chi connectivity index (χ0) is 18.1. The van der Waals surface area contributed by atoms with Crippen molar-refractivity contribution in [3.63, 3.8) is 0 Å². The first-order valence-corrected chi connectivity index (χ1v) is 8.06. The molecule has 0 unspecified atom stereocenters. The average molecular weight is 336 g/mol. The van der Waals surface area contributed by atoms with Gasteiger partial charge >= 0.3 is 0 Å². The predicted molar refractivity (Wildman–Crippen MR) is 97.4 cm³/mol. The average Bonchev–Trinajstić information content (AvgIpc) is 2.63. The van der Waals surface area contributed by atoms with Gasteiger partial charge in [-0.3, -0.25) is 4.79 Å². The van der Waals surface area contributed by atoms with Crippen molar-refractivity contribution in [1.29, 1.82) is 5.26 Å². The lowest BCUT2D eigenvalue weighted by Gasteiger charge is -2.11. The maximum Gasteiger partial charge on any atom is 0.266 e. The van der Waals surface area contributed by atoms with Crippen molar-refractivity contribution < 1.29 is 14.3 Å². The van der Waals surface area contributed by atoms with E-state index in [1.54, 1.807) is 30.3 Å². The van der Waals surface area contributed by atoms with E-state index in [2.05, 4.69) is 5.32 Å². The Labute approximate surface area is 147 Å². The minimum absolute atomic E-state index is 0.0153. The summed E-state index contributed by atoms with van der Waals surface area (Å²) in [7, 11) is 0. The molecule has 0 bridgehead atoms. The standard InChI is InChI=1S/C20H20N2O3/c1-3-24-18-11-7-5-9-15(18)13-16(14-21)20(23)22-17-10-6-8-12-19(17)25-4-2/h5-13H,3-4H2,1-2H3,(H,22,23)/b16-13+. The molecule has 0 fully saturated rings. The molecule has 0 heterocycles. The maximum atomic E-state index is 12.5. The van der Waals surface area contributed by atoms with Crippen LogP contribution in [0.5, 0.6) is 11.5 Å². The first-order chi connectivity index (χ1) is 12.2. The number of hydrogen-bond acceptors (Lipinski definition) is 4. The number of ether oxygens (including phenoxy) is 2. The molecule has 25 heavy (non-hydrogen) atoms. The number of anilines is 1. The van der Waals surface area contributed by atoms with Crippen molar-refractivity contribution in [1.82, 2.24) is 0 Å². The monoisotopic (exact) mass is 336 g/mol. The summed E-state index contributed by atoms with van der Waals surface area (Å²) in [5, 5.41) is 12.1. The summed E-state index contributed by atoms with van der Waals surface area (Å²) in [6, 6.07) is 16.3. The third-order valence-electron chi connectivity index (χ3n) is 3.32. The van der Waals surface area contributed by atoms with E-state index in [0.29, 0.717) is 36.0 Å². The number of carbonyl (C=O) groups is 1. The molecule has 0 aliphatic heterocycles. The molecule has 0 aliphatic carbocycles. The molecule has 5 nitrogen and oxygen atoms in total. The Morgan fingerprint density at radius 2 is 1.64 bits per heavy atom. The number of carbonyl (C=O) groups excluding carboxylic acids is 1. The second-order valence-corrected chi connectivity index (χ2v) is 5.02. The van der Waals surface area contributed by atoms with Crippen LogP contribution in [0, 0.1) is 11.3 Å². The number of nitrogens with one attached hydrogen (secondary N) is 1. The second kappa shape index (κ2) is 9.14. The summed E-state index contributed by atoms with van der Waals surface area (Å²) in [6.45, 7) is 4.73. The summed E-state index contributed by atoms with van der Waals surface area (Å²) in [5.41, 5.74) is 1.18. The number of nitriles is 1. The van der Waals surface area contributed by atoms with Gasteiger partial charge in [-0.15, -0.1) is 0 Å². The van der Waals surface area contributed by atoms with Gasteiger partial charge in [0.1, 0.15) is 23.1 Å². The molecule has 0 saturated carbocycles. The Balaban J connectivity index is 2.27. The highest BCUT2D eigenvalue weighted by Gasteiger charge is 2.13. The van der Waals surface area contributed by atoms with Crippen molar-refractivity contribution in [2.75, 3.05) is 18.5 Å². The lowest BCUT2D eigenvalue weighted by molar-refractivity contribution is -0.112. The first kappa shape index (κ1) is 18.1. The molecule has 2 aromatic rings. The minimum Gasteiger partial charge on any atom is -0.493 e. The van der Waals surface area contributed by atoms with Gasteiger partial charge in [0.05, 0.1) is 18.9 Å². The van der Waals surface area contributed by atoms with Crippen molar-refractivity contribution in [3.05, 3.63) is 59.7 Å². The number of para-hydroxylation sites is 3. The van der Waals surface area contributed by atoms with E-state index in [-0.39, 0.29) is 5.57 Å². The summed E-state index contributed by atoms with van der Waals surface area (Å²) in [5.74, 6) is 0.687. The number of hydrogen-bond donors (Lipinski definition) is 1. The van der Waals surface area contributed by atoms with Gasteiger partial charge in [-0.2, -0.15) is 5.26 Å². The maximum absolute atomic E-state index is 12.5. The van der Waals surface area contributed by atoms with Crippen LogP contribution in [0.1, 0.15) is 19.4 Å². The summed E-state index contributed by atoms with van der Waals surface area (Å²) in [4.78, 5) is 12.5. The van der Waals surface area contributed by atoms with Crippen LogP contribution in [-0.2, 0) is 4.79 Å². The zero-order valence-electron chi connectivity index (χ0n) is 14.3. The zero-order valence-corrected chi connectivity index (χ0v) is 14.3. The van der Waals surface area contributed by atoms with Gasteiger partial charge < -0.3 is 14.8 Å². The highest BCUT2D eigenvalue weighted by atomic mass is 16.5. The summed E-state index contributed by atoms with van der Waals surface area (Å²) in [6.07, 6.45) is 1.52. The van der Waals surface area contributed by atoms with E-state index >= 15 is 0 Å². The minimum atomic E-state index is -0.499. The number of rotatable bonds is 7. The van der Waals surface area contributed by atoms with Gasteiger partial charge in [0.2, 0.25) is 0 Å².